The van der Waals surface area contributed by atoms with E-state index in [0.717, 1.165) is 19.3 Å². The van der Waals surface area contributed by atoms with Crippen molar-refractivity contribution in [3.05, 3.63) is 47.5 Å². The van der Waals surface area contributed by atoms with E-state index in [1.54, 1.807) is 25.3 Å². The monoisotopic (exact) mass is 357 g/mol. The number of aliphatic carboxylic acids is 1. The van der Waals surface area contributed by atoms with E-state index in [-0.39, 0.29) is 29.3 Å². The number of hydrogen-bond donors (Lipinski definition) is 1. The molecule has 1 aliphatic heterocycles. The van der Waals surface area contributed by atoms with Crippen molar-refractivity contribution < 1.29 is 19.1 Å². The van der Waals surface area contributed by atoms with Gasteiger partial charge in [-0.05, 0) is 55.9 Å². The van der Waals surface area contributed by atoms with Gasteiger partial charge in [-0.25, -0.2) is 13.9 Å². The lowest BCUT2D eigenvalue weighted by molar-refractivity contribution is -0.142. The number of likely N-dealkylation sites (tertiary alicyclic amines) is 1. The van der Waals surface area contributed by atoms with E-state index in [2.05, 4.69) is 5.10 Å². The van der Waals surface area contributed by atoms with Crippen LogP contribution < -0.4 is 0 Å². The Morgan fingerprint density at radius 1 is 1.23 bits per heavy atom. The number of amides is 1. The van der Waals surface area contributed by atoms with Crippen molar-refractivity contribution in [2.45, 2.75) is 32.2 Å². The molecular formula is C19H20FN3O3. The zero-order valence-corrected chi connectivity index (χ0v) is 14.4. The van der Waals surface area contributed by atoms with Crippen LogP contribution in [0.25, 0.3) is 5.69 Å². The molecule has 0 spiro atoms. The van der Waals surface area contributed by atoms with E-state index in [1.807, 2.05) is 0 Å². The SMILES string of the molecule is Cc1cn(-c2ccc(F)cc2)nc1C(=O)N1CC2CCCC2C1C(=O)O. The lowest BCUT2D eigenvalue weighted by atomic mass is 9.94. The molecule has 1 aliphatic carbocycles. The Hall–Kier alpha value is -2.70. The van der Waals surface area contributed by atoms with Crippen molar-refractivity contribution in [2.24, 2.45) is 11.8 Å². The van der Waals surface area contributed by atoms with E-state index < -0.39 is 12.0 Å². The van der Waals surface area contributed by atoms with Crippen LogP contribution in [0.5, 0.6) is 0 Å². The number of benzene rings is 1. The number of nitrogens with zero attached hydrogens (tertiary/aromatic N) is 3. The Morgan fingerprint density at radius 2 is 1.96 bits per heavy atom. The molecule has 136 valence electrons. The molecule has 26 heavy (non-hydrogen) atoms. The van der Waals surface area contributed by atoms with Gasteiger partial charge in [0.1, 0.15) is 11.9 Å². The summed E-state index contributed by atoms with van der Waals surface area (Å²) in [5.74, 6) is -1.33. The number of aryl methyl sites for hydroxylation is 1. The van der Waals surface area contributed by atoms with Gasteiger partial charge in [-0.1, -0.05) is 6.42 Å². The smallest absolute Gasteiger partial charge is 0.326 e. The van der Waals surface area contributed by atoms with E-state index in [4.69, 9.17) is 0 Å². The molecule has 3 atom stereocenters. The predicted molar refractivity (Wildman–Crippen MR) is 91.6 cm³/mol. The minimum absolute atomic E-state index is 0.0379. The Kier molecular flexibility index (Phi) is 4.01. The fourth-order valence-electron chi connectivity index (χ4n) is 4.36. The van der Waals surface area contributed by atoms with Gasteiger partial charge in [0, 0.05) is 18.3 Å². The summed E-state index contributed by atoms with van der Waals surface area (Å²) >= 11 is 0. The Labute approximate surface area is 150 Å². The first kappa shape index (κ1) is 16.8. The summed E-state index contributed by atoms with van der Waals surface area (Å²) < 4.78 is 14.6. The van der Waals surface area contributed by atoms with Gasteiger partial charge in [-0.15, -0.1) is 0 Å². The summed E-state index contributed by atoms with van der Waals surface area (Å²) in [5.41, 5.74) is 1.56. The highest BCUT2D eigenvalue weighted by atomic mass is 19.1. The number of carbonyl (C=O) groups excluding carboxylic acids is 1. The maximum absolute atomic E-state index is 13.1. The number of aromatic nitrogens is 2. The molecule has 0 bridgehead atoms. The lowest BCUT2D eigenvalue weighted by Gasteiger charge is -2.23. The van der Waals surface area contributed by atoms with Crippen LogP contribution in [0.2, 0.25) is 0 Å². The number of carboxylic acids is 1. The molecule has 6 nitrogen and oxygen atoms in total. The van der Waals surface area contributed by atoms with Crippen molar-refractivity contribution in [3.63, 3.8) is 0 Å². The van der Waals surface area contributed by atoms with E-state index in [1.165, 1.54) is 21.7 Å². The van der Waals surface area contributed by atoms with Crippen LogP contribution in [0.3, 0.4) is 0 Å². The summed E-state index contributed by atoms with van der Waals surface area (Å²) in [6.07, 6.45) is 4.56. The fourth-order valence-corrected chi connectivity index (χ4v) is 4.36. The van der Waals surface area contributed by atoms with Crippen molar-refractivity contribution >= 4 is 11.9 Å². The topological polar surface area (TPSA) is 75.4 Å². The molecule has 2 heterocycles. The molecule has 2 fully saturated rings. The van der Waals surface area contributed by atoms with Crippen LogP contribution in [0, 0.1) is 24.6 Å². The average molecular weight is 357 g/mol. The van der Waals surface area contributed by atoms with Crippen LogP contribution in [-0.4, -0.2) is 44.3 Å². The third kappa shape index (κ3) is 2.67. The number of carboxylic acid groups (broad SMARTS) is 1. The first-order valence-corrected chi connectivity index (χ1v) is 8.81. The average Bonchev–Trinajstić information content (AvgIpc) is 3.28. The van der Waals surface area contributed by atoms with Gasteiger partial charge >= 0.3 is 5.97 Å². The highest BCUT2D eigenvalue weighted by Crippen LogP contribution is 2.42. The van der Waals surface area contributed by atoms with Crippen molar-refractivity contribution in [3.8, 4) is 5.69 Å². The standard InChI is InChI=1S/C19H20FN3O3/c1-11-9-23(14-7-5-13(20)6-8-14)21-16(11)18(24)22-10-12-3-2-4-15(12)17(22)19(25)26/h5-9,12,15,17H,2-4,10H2,1H3,(H,25,26). The molecule has 1 amide bonds. The number of hydrogen-bond acceptors (Lipinski definition) is 3. The van der Waals surface area contributed by atoms with Gasteiger partial charge in [-0.2, -0.15) is 5.10 Å². The van der Waals surface area contributed by atoms with Crippen LogP contribution >= 0.6 is 0 Å². The third-order valence-corrected chi connectivity index (χ3v) is 5.60. The molecule has 1 saturated heterocycles. The minimum atomic E-state index is -0.941. The number of rotatable bonds is 3. The molecule has 1 aromatic carbocycles. The Bertz CT molecular complexity index is 861. The van der Waals surface area contributed by atoms with E-state index >= 15 is 0 Å². The first-order chi connectivity index (χ1) is 12.5. The summed E-state index contributed by atoms with van der Waals surface area (Å²) in [6.45, 7) is 2.25. The minimum Gasteiger partial charge on any atom is -0.480 e. The Morgan fingerprint density at radius 3 is 2.65 bits per heavy atom. The van der Waals surface area contributed by atoms with Crippen LogP contribution in [-0.2, 0) is 4.79 Å². The molecule has 1 N–H and O–H groups in total. The quantitative estimate of drug-likeness (QED) is 0.916. The zero-order valence-electron chi connectivity index (χ0n) is 14.4. The summed E-state index contributed by atoms with van der Waals surface area (Å²) in [7, 11) is 0. The Balaban J connectivity index is 1.64. The molecular weight excluding hydrogens is 337 g/mol. The van der Waals surface area contributed by atoms with Crippen molar-refractivity contribution in [1.82, 2.24) is 14.7 Å². The highest BCUT2D eigenvalue weighted by molar-refractivity contribution is 5.96. The molecule has 3 unspecified atom stereocenters. The molecule has 2 aliphatic rings. The largest absolute Gasteiger partial charge is 0.480 e. The number of fused-ring (bicyclic) bond motifs is 1. The van der Waals surface area contributed by atoms with Crippen LogP contribution in [0.15, 0.2) is 30.5 Å². The molecule has 1 aromatic heterocycles. The van der Waals surface area contributed by atoms with Crippen LogP contribution in [0.4, 0.5) is 4.39 Å². The van der Waals surface area contributed by atoms with Gasteiger partial charge in [0.15, 0.2) is 5.69 Å². The van der Waals surface area contributed by atoms with Gasteiger partial charge < -0.3 is 10.0 Å². The first-order valence-electron chi connectivity index (χ1n) is 8.81. The zero-order chi connectivity index (χ0) is 18.4. The van der Waals surface area contributed by atoms with Gasteiger partial charge in [0.25, 0.3) is 5.91 Å². The van der Waals surface area contributed by atoms with Gasteiger partial charge in [-0.3, -0.25) is 4.79 Å². The summed E-state index contributed by atoms with van der Waals surface area (Å²) in [6, 6.07) is 5.05. The molecule has 1 saturated carbocycles. The second-order valence-corrected chi connectivity index (χ2v) is 7.18. The fraction of sp³-hybridized carbons (Fsp3) is 0.421. The third-order valence-electron chi connectivity index (χ3n) is 5.60. The van der Waals surface area contributed by atoms with Gasteiger partial charge in [0.2, 0.25) is 0 Å². The number of carbonyl (C=O) groups is 2. The molecule has 0 radical (unpaired) electrons. The van der Waals surface area contributed by atoms with E-state index in [0.29, 0.717) is 17.8 Å². The normalized spacial score (nSPS) is 24.7. The summed E-state index contributed by atoms with van der Waals surface area (Å²) in [5, 5.41) is 14.0. The van der Waals surface area contributed by atoms with Gasteiger partial charge in [0.05, 0.1) is 5.69 Å². The highest BCUT2D eigenvalue weighted by Gasteiger charge is 2.50. The van der Waals surface area contributed by atoms with Crippen molar-refractivity contribution in [1.29, 1.82) is 0 Å². The molecule has 7 heteroatoms. The number of halogens is 1. The second-order valence-electron chi connectivity index (χ2n) is 7.18. The molecule has 2 aromatic rings. The van der Waals surface area contributed by atoms with Crippen LogP contribution in [0.1, 0.15) is 35.3 Å². The lowest BCUT2D eigenvalue weighted by Crippen LogP contribution is -2.43. The van der Waals surface area contributed by atoms with Crippen molar-refractivity contribution in [2.75, 3.05) is 6.54 Å². The predicted octanol–water partition coefficient (Wildman–Crippen LogP) is 2.65. The summed E-state index contributed by atoms with van der Waals surface area (Å²) in [4.78, 5) is 26.3. The maximum Gasteiger partial charge on any atom is 0.326 e. The maximum atomic E-state index is 13.1. The molecule has 4 rings (SSSR count). The second kappa shape index (κ2) is 6.23. The van der Waals surface area contributed by atoms with E-state index in [9.17, 15) is 19.1 Å².